The van der Waals surface area contributed by atoms with Crippen molar-refractivity contribution in [3.63, 3.8) is 0 Å². The molecule has 0 aliphatic carbocycles. The summed E-state index contributed by atoms with van der Waals surface area (Å²) in [6.45, 7) is 9.17. The van der Waals surface area contributed by atoms with E-state index in [0.717, 1.165) is 11.1 Å². The standard InChI is InChI=1S/C20H28N2O4/c1-5-22-12-14(10-17(22)23)19(26)21-16(11-18(24)25)13-6-8-15(9-7-13)20(2,3)4/h6-9,14,16H,5,10-12H2,1-4H3,(H,21,26)(H,24,25). The molecule has 1 aliphatic heterocycles. The molecule has 0 spiro atoms. The van der Waals surface area contributed by atoms with E-state index in [0.29, 0.717) is 13.1 Å². The van der Waals surface area contributed by atoms with Crippen molar-refractivity contribution in [2.24, 2.45) is 5.92 Å². The maximum Gasteiger partial charge on any atom is 0.305 e. The van der Waals surface area contributed by atoms with E-state index < -0.39 is 17.9 Å². The van der Waals surface area contributed by atoms with Crippen LogP contribution in [-0.4, -0.2) is 40.9 Å². The zero-order chi connectivity index (χ0) is 19.5. The fraction of sp³-hybridized carbons (Fsp3) is 0.550. The first-order valence-corrected chi connectivity index (χ1v) is 9.02. The van der Waals surface area contributed by atoms with Gasteiger partial charge in [0.05, 0.1) is 18.4 Å². The summed E-state index contributed by atoms with van der Waals surface area (Å²) in [5, 5.41) is 12.0. The lowest BCUT2D eigenvalue weighted by atomic mass is 9.86. The highest BCUT2D eigenvalue weighted by molar-refractivity contribution is 5.89. The van der Waals surface area contributed by atoms with E-state index in [1.54, 1.807) is 4.90 Å². The molecule has 2 atom stereocenters. The summed E-state index contributed by atoms with van der Waals surface area (Å²) in [5.74, 6) is -1.70. The Kier molecular flexibility index (Phi) is 6.05. The van der Waals surface area contributed by atoms with Crippen molar-refractivity contribution in [2.45, 2.75) is 52.0 Å². The molecule has 2 rings (SSSR count). The minimum Gasteiger partial charge on any atom is -0.481 e. The van der Waals surface area contributed by atoms with Gasteiger partial charge in [0.25, 0.3) is 0 Å². The van der Waals surface area contributed by atoms with Crippen LogP contribution in [0.5, 0.6) is 0 Å². The summed E-state index contributed by atoms with van der Waals surface area (Å²) >= 11 is 0. The van der Waals surface area contributed by atoms with E-state index in [2.05, 4.69) is 26.1 Å². The predicted molar refractivity (Wildman–Crippen MR) is 98.6 cm³/mol. The number of carbonyl (C=O) groups excluding carboxylic acids is 2. The summed E-state index contributed by atoms with van der Waals surface area (Å²) in [6.07, 6.45) is -0.0127. The van der Waals surface area contributed by atoms with Gasteiger partial charge in [-0.2, -0.15) is 0 Å². The van der Waals surface area contributed by atoms with Crippen molar-refractivity contribution in [3.05, 3.63) is 35.4 Å². The first kappa shape index (κ1) is 19.9. The molecule has 0 aromatic heterocycles. The zero-order valence-corrected chi connectivity index (χ0v) is 15.9. The third-order valence-corrected chi connectivity index (χ3v) is 4.84. The number of amides is 2. The SMILES string of the molecule is CCN1CC(C(=O)NC(CC(=O)O)c2ccc(C(C)(C)C)cc2)CC1=O. The third-order valence-electron chi connectivity index (χ3n) is 4.84. The van der Waals surface area contributed by atoms with Crippen LogP contribution in [0, 0.1) is 5.92 Å². The molecule has 0 saturated carbocycles. The Morgan fingerprint density at radius 1 is 1.27 bits per heavy atom. The lowest BCUT2D eigenvalue weighted by Gasteiger charge is -2.23. The number of aliphatic carboxylic acids is 1. The summed E-state index contributed by atoms with van der Waals surface area (Å²) in [5.41, 5.74) is 1.89. The topological polar surface area (TPSA) is 86.7 Å². The highest BCUT2D eigenvalue weighted by Gasteiger charge is 2.34. The minimum atomic E-state index is -0.979. The van der Waals surface area contributed by atoms with Crippen LogP contribution < -0.4 is 5.32 Å². The molecule has 0 radical (unpaired) electrons. The second-order valence-electron chi connectivity index (χ2n) is 7.86. The molecule has 1 aliphatic rings. The Morgan fingerprint density at radius 2 is 1.88 bits per heavy atom. The van der Waals surface area contributed by atoms with Crippen LogP contribution in [-0.2, 0) is 19.8 Å². The van der Waals surface area contributed by atoms with E-state index in [9.17, 15) is 19.5 Å². The molecule has 6 nitrogen and oxygen atoms in total. The van der Waals surface area contributed by atoms with Crippen molar-refractivity contribution >= 4 is 17.8 Å². The van der Waals surface area contributed by atoms with Gasteiger partial charge in [-0.05, 0) is 23.5 Å². The molecule has 1 aromatic carbocycles. The summed E-state index contributed by atoms with van der Waals surface area (Å²) in [6, 6.07) is 7.06. The van der Waals surface area contributed by atoms with Crippen molar-refractivity contribution in [1.82, 2.24) is 10.2 Å². The lowest BCUT2D eigenvalue weighted by molar-refractivity contribution is -0.138. The minimum absolute atomic E-state index is 0.00209. The Bertz CT molecular complexity index is 676. The number of nitrogens with one attached hydrogen (secondary N) is 1. The Morgan fingerprint density at radius 3 is 2.35 bits per heavy atom. The lowest BCUT2D eigenvalue weighted by Crippen LogP contribution is -2.36. The van der Waals surface area contributed by atoms with Gasteiger partial charge in [0.15, 0.2) is 0 Å². The van der Waals surface area contributed by atoms with Crippen LogP contribution in [0.3, 0.4) is 0 Å². The van der Waals surface area contributed by atoms with Gasteiger partial charge in [-0.1, -0.05) is 45.0 Å². The van der Waals surface area contributed by atoms with Gasteiger partial charge in [0.1, 0.15) is 0 Å². The maximum absolute atomic E-state index is 12.6. The number of nitrogens with zero attached hydrogens (tertiary/aromatic N) is 1. The summed E-state index contributed by atoms with van der Waals surface area (Å²) in [7, 11) is 0. The van der Waals surface area contributed by atoms with E-state index in [1.807, 2.05) is 31.2 Å². The molecule has 2 unspecified atom stereocenters. The number of carbonyl (C=O) groups is 3. The van der Waals surface area contributed by atoms with Crippen LogP contribution in [0.25, 0.3) is 0 Å². The monoisotopic (exact) mass is 360 g/mol. The van der Waals surface area contributed by atoms with Crippen molar-refractivity contribution in [3.8, 4) is 0 Å². The second kappa shape index (κ2) is 7.89. The highest BCUT2D eigenvalue weighted by atomic mass is 16.4. The van der Waals surface area contributed by atoms with Crippen molar-refractivity contribution < 1.29 is 19.5 Å². The molecular weight excluding hydrogens is 332 g/mol. The van der Waals surface area contributed by atoms with Gasteiger partial charge in [-0.3, -0.25) is 14.4 Å². The molecule has 2 amide bonds. The first-order valence-electron chi connectivity index (χ1n) is 9.02. The maximum atomic E-state index is 12.6. The summed E-state index contributed by atoms with van der Waals surface area (Å²) < 4.78 is 0. The Hall–Kier alpha value is -2.37. The van der Waals surface area contributed by atoms with Crippen LogP contribution in [0.1, 0.15) is 57.7 Å². The predicted octanol–water partition coefficient (Wildman–Crippen LogP) is 2.48. The number of rotatable bonds is 6. The number of likely N-dealkylation sites (tertiary alicyclic amines) is 1. The molecule has 1 aromatic rings. The Balaban J connectivity index is 2.13. The van der Waals surface area contributed by atoms with E-state index in [4.69, 9.17) is 0 Å². The van der Waals surface area contributed by atoms with Crippen LogP contribution in [0.4, 0.5) is 0 Å². The number of hydrogen-bond acceptors (Lipinski definition) is 3. The molecule has 1 heterocycles. The van der Waals surface area contributed by atoms with Crippen LogP contribution in [0.2, 0.25) is 0 Å². The van der Waals surface area contributed by atoms with Gasteiger partial charge in [-0.15, -0.1) is 0 Å². The molecule has 2 N–H and O–H groups in total. The van der Waals surface area contributed by atoms with Gasteiger partial charge < -0.3 is 15.3 Å². The normalized spacial score (nSPS) is 18.7. The Labute approximate surface area is 154 Å². The van der Waals surface area contributed by atoms with Gasteiger partial charge in [-0.25, -0.2) is 0 Å². The third kappa shape index (κ3) is 4.84. The average Bonchev–Trinajstić information content (AvgIpc) is 2.94. The summed E-state index contributed by atoms with van der Waals surface area (Å²) in [4.78, 5) is 37.3. The molecule has 142 valence electrons. The van der Waals surface area contributed by atoms with Crippen molar-refractivity contribution in [2.75, 3.05) is 13.1 Å². The van der Waals surface area contributed by atoms with E-state index >= 15 is 0 Å². The van der Waals surface area contributed by atoms with Gasteiger partial charge >= 0.3 is 5.97 Å². The van der Waals surface area contributed by atoms with E-state index in [-0.39, 0.29) is 30.1 Å². The van der Waals surface area contributed by atoms with E-state index in [1.165, 1.54) is 0 Å². The van der Waals surface area contributed by atoms with Gasteiger partial charge in [0, 0.05) is 19.5 Å². The number of hydrogen-bond donors (Lipinski definition) is 2. The van der Waals surface area contributed by atoms with Crippen LogP contribution >= 0.6 is 0 Å². The quantitative estimate of drug-likeness (QED) is 0.816. The molecule has 1 fully saturated rings. The number of benzene rings is 1. The largest absolute Gasteiger partial charge is 0.481 e. The molecule has 1 saturated heterocycles. The number of carboxylic acids is 1. The fourth-order valence-corrected chi connectivity index (χ4v) is 3.19. The second-order valence-corrected chi connectivity index (χ2v) is 7.86. The van der Waals surface area contributed by atoms with Gasteiger partial charge in [0.2, 0.25) is 11.8 Å². The first-order chi connectivity index (χ1) is 12.1. The van der Waals surface area contributed by atoms with Crippen LogP contribution in [0.15, 0.2) is 24.3 Å². The molecule has 0 bridgehead atoms. The molecule has 26 heavy (non-hydrogen) atoms. The van der Waals surface area contributed by atoms with Crippen molar-refractivity contribution in [1.29, 1.82) is 0 Å². The smallest absolute Gasteiger partial charge is 0.305 e. The average molecular weight is 360 g/mol. The number of carboxylic acid groups (broad SMARTS) is 1. The molecular formula is C20H28N2O4. The highest BCUT2D eigenvalue weighted by Crippen LogP contribution is 2.26. The molecule has 6 heteroatoms. The zero-order valence-electron chi connectivity index (χ0n) is 15.9. The fourth-order valence-electron chi connectivity index (χ4n) is 3.19.